The summed E-state index contributed by atoms with van der Waals surface area (Å²) in [6.45, 7) is 1.40. The number of hydrogen-bond donors (Lipinski definition) is 1. The van der Waals surface area contributed by atoms with Crippen LogP contribution in [0.5, 0.6) is 5.75 Å². The van der Waals surface area contributed by atoms with Gasteiger partial charge in [0.05, 0.1) is 24.4 Å². The summed E-state index contributed by atoms with van der Waals surface area (Å²) in [6, 6.07) is 16.6. The van der Waals surface area contributed by atoms with Crippen LogP contribution in [0.25, 0.3) is 22.4 Å². The molecule has 4 aliphatic carbocycles. The summed E-state index contributed by atoms with van der Waals surface area (Å²) >= 11 is 13.2. The Morgan fingerprint density at radius 1 is 0.932 bits per heavy atom. The maximum absolute atomic E-state index is 14.1. The second-order valence-corrected chi connectivity index (χ2v) is 13.7. The number of carbonyl (C=O) groups is 2. The standard InChI is InChI=1S/C35H39Cl2N3O4/c1-40(2)13-6-14-44-31-20-23(9-11-29(31)37)32-27(26-7-4-5-8-28(26)36)10-12-30(38-32)33(41)39-35(34(42)43-3)24-16-21-15-22(18-24)19-25(35)17-21/h4-5,7-12,20-22,24-25H,6,13-19H2,1-3H3,(H,39,41). The number of amides is 1. The van der Waals surface area contributed by atoms with E-state index in [4.69, 9.17) is 37.7 Å². The van der Waals surface area contributed by atoms with Crippen molar-refractivity contribution < 1.29 is 19.1 Å². The molecule has 232 valence electrons. The van der Waals surface area contributed by atoms with E-state index in [9.17, 15) is 9.59 Å². The summed E-state index contributed by atoms with van der Waals surface area (Å²) in [4.78, 5) is 34.5. The second-order valence-electron chi connectivity index (χ2n) is 12.8. The highest BCUT2D eigenvalue weighted by Gasteiger charge is 2.62. The van der Waals surface area contributed by atoms with E-state index in [2.05, 4.69) is 10.2 Å². The number of aromatic nitrogens is 1. The predicted molar refractivity (Wildman–Crippen MR) is 173 cm³/mol. The Labute approximate surface area is 269 Å². The summed E-state index contributed by atoms with van der Waals surface area (Å²) < 4.78 is 11.4. The first-order valence-corrected chi connectivity index (χ1v) is 16.2. The molecule has 0 radical (unpaired) electrons. The zero-order chi connectivity index (χ0) is 31.0. The summed E-state index contributed by atoms with van der Waals surface area (Å²) in [5.41, 5.74) is 2.05. The molecule has 1 amide bonds. The summed E-state index contributed by atoms with van der Waals surface area (Å²) in [5, 5.41) is 4.27. The van der Waals surface area contributed by atoms with Crippen LogP contribution in [0.15, 0.2) is 54.6 Å². The Morgan fingerprint density at radius 3 is 2.30 bits per heavy atom. The van der Waals surface area contributed by atoms with E-state index in [-0.39, 0.29) is 29.4 Å². The Balaban J connectivity index is 1.37. The third kappa shape index (κ3) is 5.82. The highest BCUT2D eigenvalue weighted by molar-refractivity contribution is 6.33. The molecule has 0 unspecified atom stereocenters. The van der Waals surface area contributed by atoms with Gasteiger partial charge in [-0.15, -0.1) is 0 Å². The van der Waals surface area contributed by atoms with Crippen molar-refractivity contribution in [3.63, 3.8) is 0 Å². The van der Waals surface area contributed by atoms with Crippen LogP contribution in [0.2, 0.25) is 10.0 Å². The number of nitrogens with one attached hydrogen (secondary N) is 1. The molecule has 7 nitrogen and oxygen atoms in total. The largest absolute Gasteiger partial charge is 0.492 e. The van der Waals surface area contributed by atoms with E-state index in [1.807, 2.05) is 56.6 Å². The lowest BCUT2D eigenvalue weighted by Gasteiger charge is -2.59. The van der Waals surface area contributed by atoms with E-state index in [0.717, 1.165) is 55.3 Å². The minimum atomic E-state index is -1.03. The average Bonchev–Trinajstić information content (AvgIpc) is 3.01. The van der Waals surface area contributed by atoms with Crippen molar-refractivity contribution in [2.24, 2.45) is 23.7 Å². The summed E-state index contributed by atoms with van der Waals surface area (Å²) in [5.74, 6) is 1.20. The van der Waals surface area contributed by atoms with Crippen LogP contribution in [0.1, 0.15) is 49.0 Å². The van der Waals surface area contributed by atoms with Crippen molar-refractivity contribution in [2.45, 2.75) is 44.1 Å². The number of esters is 1. The normalized spacial score (nSPS) is 25.2. The smallest absolute Gasteiger partial charge is 0.332 e. The number of halogens is 2. The van der Waals surface area contributed by atoms with Crippen molar-refractivity contribution >= 4 is 35.1 Å². The molecule has 3 aromatic rings. The maximum atomic E-state index is 14.1. The number of hydrogen-bond acceptors (Lipinski definition) is 6. The van der Waals surface area contributed by atoms with E-state index < -0.39 is 5.54 Å². The predicted octanol–water partition coefficient (Wildman–Crippen LogP) is 7.15. The van der Waals surface area contributed by atoms with Gasteiger partial charge >= 0.3 is 5.97 Å². The SMILES string of the molecule is COC(=O)C1(NC(=O)c2ccc(-c3ccccc3Cl)c(-c3ccc(Cl)c(OCCCN(C)C)c3)n2)C2CC3CC(C2)CC1C3. The van der Waals surface area contributed by atoms with Gasteiger partial charge in [-0.05, 0) is 107 Å². The molecule has 2 aromatic carbocycles. The lowest BCUT2D eigenvalue weighted by atomic mass is 9.48. The quantitative estimate of drug-likeness (QED) is 0.188. The van der Waals surface area contributed by atoms with Gasteiger partial charge < -0.3 is 19.7 Å². The Morgan fingerprint density at radius 2 is 1.64 bits per heavy atom. The van der Waals surface area contributed by atoms with E-state index in [1.54, 1.807) is 12.1 Å². The number of rotatable bonds is 10. The fraction of sp³-hybridized carbons (Fsp3) is 0.457. The van der Waals surface area contributed by atoms with Crippen LogP contribution in [0.3, 0.4) is 0 Å². The molecule has 0 saturated heterocycles. The Bertz CT molecular complexity index is 1530. The molecule has 1 heterocycles. The number of nitrogens with zero attached hydrogens (tertiary/aromatic N) is 2. The van der Waals surface area contributed by atoms with Crippen molar-refractivity contribution in [1.82, 2.24) is 15.2 Å². The van der Waals surface area contributed by atoms with Gasteiger partial charge in [0.15, 0.2) is 0 Å². The van der Waals surface area contributed by atoms with Crippen LogP contribution in [0, 0.1) is 23.7 Å². The first-order chi connectivity index (χ1) is 21.2. The monoisotopic (exact) mass is 635 g/mol. The number of ether oxygens (including phenoxy) is 2. The molecule has 1 N–H and O–H groups in total. The van der Waals surface area contributed by atoms with Gasteiger partial charge in [0, 0.05) is 28.3 Å². The van der Waals surface area contributed by atoms with Crippen LogP contribution in [0.4, 0.5) is 0 Å². The first-order valence-electron chi connectivity index (χ1n) is 15.4. The molecule has 7 rings (SSSR count). The average molecular weight is 637 g/mol. The molecule has 4 aliphatic rings. The highest BCUT2D eigenvalue weighted by atomic mass is 35.5. The Kier molecular flexibility index (Phi) is 8.91. The lowest BCUT2D eigenvalue weighted by Crippen LogP contribution is -2.70. The Hall–Kier alpha value is -3.13. The molecule has 44 heavy (non-hydrogen) atoms. The lowest BCUT2D eigenvalue weighted by molar-refractivity contribution is -0.167. The van der Waals surface area contributed by atoms with Crippen LogP contribution in [-0.2, 0) is 9.53 Å². The van der Waals surface area contributed by atoms with Gasteiger partial charge in [-0.3, -0.25) is 4.79 Å². The maximum Gasteiger partial charge on any atom is 0.332 e. The molecule has 4 saturated carbocycles. The minimum absolute atomic E-state index is 0.0699. The van der Waals surface area contributed by atoms with Crippen molar-refractivity contribution in [3.8, 4) is 28.1 Å². The minimum Gasteiger partial charge on any atom is -0.492 e. The van der Waals surface area contributed by atoms with Crippen molar-refractivity contribution in [2.75, 3.05) is 34.4 Å². The number of methoxy groups -OCH3 is 1. The molecule has 0 atom stereocenters. The van der Waals surface area contributed by atoms with Gasteiger partial charge in [0.1, 0.15) is 17.0 Å². The molecular weight excluding hydrogens is 597 g/mol. The molecular formula is C35H39Cl2N3O4. The van der Waals surface area contributed by atoms with Crippen LogP contribution >= 0.6 is 23.2 Å². The number of carbonyl (C=O) groups excluding carboxylic acids is 2. The highest BCUT2D eigenvalue weighted by Crippen LogP contribution is 2.58. The summed E-state index contributed by atoms with van der Waals surface area (Å²) in [7, 11) is 5.46. The first kappa shape index (κ1) is 30.9. The van der Waals surface area contributed by atoms with E-state index in [1.165, 1.54) is 13.5 Å². The molecule has 1 aromatic heterocycles. The molecule has 4 bridgehead atoms. The second kappa shape index (κ2) is 12.7. The van der Waals surface area contributed by atoms with Crippen molar-refractivity contribution in [1.29, 1.82) is 0 Å². The summed E-state index contributed by atoms with van der Waals surface area (Å²) in [6.07, 6.45) is 5.83. The fourth-order valence-corrected chi connectivity index (χ4v) is 8.37. The van der Waals surface area contributed by atoms with Gasteiger partial charge in [0.2, 0.25) is 0 Å². The fourth-order valence-electron chi connectivity index (χ4n) is 7.96. The zero-order valence-electron chi connectivity index (χ0n) is 25.4. The topological polar surface area (TPSA) is 80.8 Å². The third-order valence-corrected chi connectivity index (χ3v) is 10.4. The zero-order valence-corrected chi connectivity index (χ0v) is 27.0. The number of benzene rings is 2. The van der Waals surface area contributed by atoms with Gasteiger partial charge in [-0.1, -0.05) is 47.5 Å². The van der Waals surface area contributed by atoms with Gasteiger partial charge in [-0.2, -0.15) is 0 Å². The third-order valence-electron chi connectivity index (χ3n) is 9.77. The van der Waals surface area contributed by atoms with E-state index >= 15 is 0 Å². The number of pyridine rings is 1. The van der Waals surface area contributed by atoms with Crippen LogP contribution in [-0.4, -0.2) is 61.7 Å². The van der Waals surface area contributed by atoms with E-state index in [0.29, 0.717) is 39.9 Å². The molecule has 9 heteroatoms. The van der Waals surface area contributed by atoms with Gasteiger partial charge in [0.25, 0.3) is 5.91 Å². The molecule has 0 aliphatic heterocycles. The van der Waals surface area contributed by atoms with Gasteiger partial charge in [-0.25, -0.2) is 9.78 Å². The van der Waals surface area contributed by atoms with Crippen LogP contribution < -0.4 is 10.1 Å². The molecule has 4 fully saturated rings. The van der Waals surface area contributed by atoms with Crippen molar-refractivity contribution in [3.05, 3.63) is 70.3 Å². The molecule has 0 spiro atoms.